The molecule has 0 aromatic heterocycles. The zero-order valence-corrected chi connectivity index (χ0v) is 9.22. The molecule has 16 heavy (non-hydrogen) atoms. The lowest BCUT2D eigenvalue weighted by Gasteiger charge is -2.15. The summed E-state index contributed by atoms with van der Waals surface area (Å²) in [7, 11) is 1.66. The highest BCUT2D eigenvalue weighted by molar-refractivity contribution is 5.77. The smallest absolute Gasteiger partial charge is 0.236 e. The molecule has 1 rings (SSSR count). The molecule has 0 unspecified atom stereocenters. The maximum absolute atomic E-state index is 11.2. The zero-order valence-electron chi connectivity index (χ0n) is 9.22. The van der Waals surface area contributed by atoms with Gasteiger partial charge in [0, 0.05) is 7.05 Å². The van der Waals surface area contributed by atoms with Gasteiger partial charge in [-0.15, -0.1) is 0 Å². The van der Waals surface area contributed by atoms with Crippen LogP contribution in [0.5, 0.6) is 5.75 Å². The Kier molecular flexibility index (Phi) is 4.87. The molecule has 0 saturated carbocycles. The van der Waals surface area contributed by atoms with Gasteiger partial charge in [0.15, 0.2) is 0 Å². The normalized spacial score (nSPS) is 9.25. The quantitative estimate of drug-likeness (QED) is 0.751. The Bertz CT molecular complexity index is 370. The van der Waals surface area contributed by atoms with E-state index in [0.29, 0.717) is 13.2 Å². The van der Waals surface area contributed by atoms with Crippen molar-refractivity contribution in [2.75, 3.05) is 20.2 Å². The van der Waals surface area contributed by atoms with E-state index in [-0.39, 0.29) is 12.3 Å². The van der Waals surface area contributed by atoms with E-state index < -0.39 is 0 Å². The van der Waals surface area contributed by atoms with Gasteiger partial charge in [0.1, 0.15) is 18.8 Å². The second-order valence-corrected chi connectivity index (χ2v) is 3.31. The van der Waals surface area contributed by atoms with Crippen molar-refractivity contribution in [3.8, 4) is 11.8 Å². The molecule has 0 aliphatic carbocycles. The van der Waals surface area contributed by atoms with Crippen LogP contribution in [0.15, 0.2) is 30.3 Å². The van der Waals surface area contributed by atoms with Crippen LogP contribution in [0, 0.1) is 11.3 Å². The summed E-state index contributed by atoms with van der Waals surface area (Å²) in [4.78, 5) is 12.7. The van der Waals surface area contributed by atoms with Crippen LogP contribution in [0.1, 0.15) is 6.42 Å². The topological polar surface area (TPSA) is 53.3 Å². The molecule has 4 nitrogen and oxygen atoms in total. The van der Waals surface area contributed by atoms with Gasteiger partial charge >= 0.3 is 0 Å². The molecule has 0 spiro atoms. The highest BCUT2D eigenvalue weighted by Crippen LogP contribution is 2.07. The highest BCUT2D eigenvalue weighted by atomic mass is 16.5. The fourth-order valence-corrected chi connectivity index (χ4v) is 1.14. The number of benzene rings is 1. The summed E-state index contributed by atoms with van der Waals surface area (Å²) >= 11 is 0. The van der Waals surface area contributed by atoms with Gasteiger partial charge in [-0.2, -0.15) is 5.26 Å². The maximum atomic E-state index is 11.2. The summed E-state index contributed by atoms with van der Waals surface area (Å²) in [6.07, 6.45) is -0.0815. The van der Waals surface area contributed by atoms with Crippen LogP contribution >= 0.6 is 0 Å². The first-order chi connectivity index (χ1) is 7.74. The summed E-state index contributed by atoms with van der Waals surface area (Å²) in [5, 5.41) is 8.36. The number of ether oxygens (including phenoxy) is 1. The lowest BCUT2D eigenvalue weighted by Crippen LogP contribution is -2.30. The summed E-state index contributed by atoms with van der Waals surface area (Å²) < 4.78 is 5.43. The van der Waals surface area contributed by atoms with Gasteiger partial charge in [-0.3, -0.25) is 4.79 Å². The SMILES string of the molecule is CN(CCOc1ccccc1)C(=O)CC#N. The van der Waals surface area contributed by atoms with Crippen molar-refractivity contribution in [3.05, 3.63) is 30.3 Å². The number of nitrogens with zero attached hydrogens (tertiary/aromatic N) is 2. The van der Waals surface area contributed by atoms with E-state index in [2.05, 4.69) is 0 Å². The number of carbonyl (C=O) groups is 1. The van der Waals surface area contributed by atoms with E-state index in [0.717, 1.165) is 5.75 Å². The third-order valence-electron chi connectivity index (χ3n) is 2.09. The van der Waals surface area contributed by atoms with E-state index in [1.165, 1.54) is 4.90 Å². The van der Waals surface area contributed by atoms with E-state index >= 15 is 0 Å². The largest absolute Gasteiger partial charge is 0.492 e. The molecule has 0 fully saturated rings. The molecule has 84 valence electrons. The Labute approximate surface area is 95.0 Å². The minimum atomic E-state index is -0.181. The van der Waals surface area contributed by atoms with E-state index in [9.17, 15) is 4.79 Å². The molecule has 0 aliphatic heterocycles. The Balaban J connectivity index is 2.26. The van der Waals surface area contributed by atoms with Gasteiger partial charge in [0.2, 0.25) is 5.91 Å². The van der Waals surface area contributed by atoms with E-state index in [1.807, 2.05) is 36.4 Å². The molecule has 4 heteroatoms. The first-order valence-corrected chi connectivity index (χ1v) is 5.03. The minimum Gasteiger partial charge on any atom is -0.492 e. The average molecular weight is 218 g/mol. The number of nitriles is 1. The monoisotopic (exact) mass is 218 g/mol. The summed E-state index contributed by atoms with van der Waals surface area (Å²) in [5.74, 6) is 0.600. The van der Waals surface area contributed by atoms with E-state index in [1.54, 1.807) is 7.05 Å². The molecule has 0 atom stereocenters. The Hall–Kier alpha value is -2.02. The predicted octanol–water partition coefficient (Wildman–Crippen LogP) is 1.44. The summed E-state index contributed by atoms with van der Waals surface area (Å²) in [5.41, 5.74) is 0. The molecular formula is C12H14N2O2. The lowest BCUT2D eigenvalue weighted by molar-refractivity contribution is -0.129. The Morgan fingerprint density at radius 1 is 1.44 bits per heavy atom. The molecule has 0 saturated heterocycles. The van der Waals surface area contributed by atoms with Crippen molar-refractivity contribution in [1.29, 1.82) is 5.26 Å². The molecular weight excluding hydrogens is 204 g/mol. The van der Waals surface area contributed by atoms with Gasteiger partial charge in [0.05, 0.1) is 12.6 Å². The number of hydrogen-bond donors (Lipinski definition) is 0. The van der Waals surface area contributed by atoms with Crippen LogP contribution in [0.3, 0.4) is 0 Å². The fraction of sp³-hybridized carbons (Fsp3) is 0.333. The van der Waals surface area contributed by atoms with Crippen molar-refractivity contribution >= 4 is 5.91 Å². The summed E-state index contributed by atoms with van der Waals surface area (Å²) in [6.45, 7) is 0.910. The number of hydrogen-bond acceptors (Lipinski definition) is 3. The first kappa shape index (κ1) is 12.1. The van der Waals surface area contributed by atoms with Crippen LogP contribution in [0.2, 0.25) is 0 Å². The van der Waals surface area contributed by atoms with Crippen LogP contribution in [-0.4, -0.2) is 31.0 Å². The molecule has 0 radical (unpaired) electrons. The molecule has 1 aromatic carbocycles. The number of rotatable bonds is 5. The zero-order chi connectivity index (χ0) is 11.8. The molecule has 1 aromatic rings. The fourth-order valence-electron chi connectivity index (χ4n) is 1.14. The lowest BCUT2D eigenvalue weighted by atomic mass is 10.3. The molecule has 0 aliphatic rings. The second kappa shape index (κ2) is 6.46. The molecule has 0 heterocycles. The first-order valence-electron chi connectivity index (χ1n) is 5.03. The highest BCUT2D eigenvalue weighted by Gasteiger charge is 2.07. The van der Waals surface area contributed by atoms with Crippen molar-refractivity contribution in [2.24, 2.45) is 0 Å². The van der Waals surface area contributed by atoms with Crippen molar-refractivity contribution in [2.45, 2.75) is 6.42 Å². The Morgan fingerprint density at radius 2 is 2.12 bits per heavy atom. The molecule has 1 amide bonds. The Morgan fingerprint density at radius 3 is 2.75 bits per heavy atom. The van der Waals surface area contributed by atoms with Crippen molar-refractivity contribution in [3.63, 3.8) is 0 Å². The van der Waals surface area contributed by atoms with Crippen LogP contribution < -0.4 is 4.74 Å². The van der Waals surface area contributed by atoms with Gasteiger partial charge in [-0.05, 0) is 12.1 Å². The number of para-hydroxylation sites is 1. The third-order valence-corrected chi connectivity index (χ3v) is 2.09. The standard InChI is InChI=1S/C12H14N2O2/c1-14(12(15)7-8-13)9-10-16-11-5-3-2-4-6-11/h2-6H,7,9-10H2,1H3. The number of amides is 1. The third kappa shape index (κ3) is 4.01. The summed E-state index contributed by atoms with van der Waals surface area (Å²) in [6, 6.07) is 11.2. The van der Waals surface area contributed by atoms with Crippen molar-refractivity contribution < 1.29 is 9.53 Å². The van der Waals surface area contributed by atoms with Crippen molar-refractivity contribution in [1.82, 2.24) is 4.90 Å². The van der Waals surface area contributed by atoms with Crippen LogP contribution in [-0.2, 0) is 4.79 Å². The number of carbonyl (C=O) groups excluding carboxylic acids is 1. The van der Waals surface area contributed by atoms with Gasteiger partial charge < -0.3 is 9.64 Å². The van der Waals surface area contributed by atoms with E-state index in [4.69, 9.17) is 10.00 Å². The van der Waals surface area contributed by atoms with Crippen LogP contribution in [0.25, 0.3) is 0 Å². The molecule has 0 bridgehead atoms. The van der Waals surface area contributed by atoms with Crippen LogP contribution in [0.4, 0.5) is 0 Å². The van der Waals surface area contributed by atoms with Gasteiger partial charge in [-0.1, -0.05) is 18.2 Å². The maximum Gasteiger partial charge on any atom is 0.236 e. The van der Waals surface area contributed by atoms with Gasteiger partial charge in [0.25, 0.3) is 0 Å². The number of likely N-dealkylation sites (N-methyl/N-ethyl adjacent to an activating group) is 1. The minimum absolute atomic E-state index is 0.0815. The second-order valence-electron chi connectivity index (χ2n) is 3.31. The van der Waals surface area contributed by atoms with Gasteiger partial charge in [-0.25, -0.2) is 0 Å². The molecule has 0 N–H and O–H groups in total. The average Bonchev–Trinajstić information content (AvgIpc) is 2.30. The predicted molar refractivity (Wildman–Crippen MR) is 59.8 cm³/mol.